The Morgan fingerprint density at radius 1 is 1.31 bits per heavy atom. The van der Waals surface area contributed by atoms with E-state index in [1.54, 1.807) is 6.20 Å². The fraction of sp³-hybridized carbons (Fsp3) is 0.435. The van der Waals surface area contributed by atoms with Gasteiger partial charge in [-0.1, -0.05) is 5.16 Å². The van der Waals surface area contributed by atoms with E-state index in [0.29, 0.717) is 28.3 Å². The molecule has 4 aromatic heterocycles. The highest BCUT2D eigenvalue weighted by Crippen LogP contribution is 2.41. The first kappa shape index (κ1) is 20.4. The van der Waals surface area contributed by atoms with Gasteiger partial charge in [0, 0.05) is 42.2 Å². The minimum absolute atomic E-state index is 0.192. The van der Waals surface area contributed by atoms with Gasteiger partial charge in [-0.2, -0.15) is 10.2 Å². The van der Waals surface area contributed by atoms with Gasteiger partial charge in [-0.3, -0.25) is 14.2 Å². The predicted octanol–water partition coefficient (Wildman–Crippen LogP) is 4.00. The summed E-state index contributed by atoms with van der Waals surface area (Å²) in [4.78, 5) is 18.2. The molecule has 166 valence electrons. The van der Waals surface area contributed by atoms with Crippen molar-refractivity contribution in [2.24, 2.45) is 0 Å². The number of aromatic nitrogens is 6. The van der Waals surface area contributed by atoms with Crippen molar-refractivity contribution in [1.29, 1.82) is 0 Å². The third-order valence-corrected chi connectivity index (χ3v) is 6.14. The molecular formula is C23H27N7O2. The fourth-order valence-corrected chi connectivity index (χ4v) is 4.05. The van der Waals surface area contributed by atoms with Crippen LogP contribution >= 0.6 is 0 Å². The van der Waals surface area contributed by atoms with Crippen LogP contribution in [0, 0.1) is 6.92 Å². The zero-order valence-electron chi connectivity index (χ0n) is 18.8. The Morgan fingerprint density at radius 2 is 2.12 bits per heavy atom. The number of hydrogen-bond acceptors (Lipinski definition) is 6. The number of rotatable bonds is 7. The second-order valence-electron chi connectivity index (χ2n) is 8.33. The Hall–Kier alpha value is -3.49. The van der Waals surface area contributed by atoms with Crippen LogP contribution in [0.15, 0.2) is 29.0 Å². The van der Waals surface area contributed by atoms with E-state index in [1.165, 1.54) is 0 Å². The van der Waals surface area contributed by atoms with Crippen molar-refractivity contribution in [3.05, 3.63) is 47.2 Å². The molecule has 1 aliphatic rings. The lowest BCUT2D eigenvalue weighted by Crippen LogP contribution is -2.27. The van der Waals surface area contributed by atoms with E-state index in [9.17, 15) is 4.79 Å². The summed E-state index contributed by atoms with van der Waals surface area (Å²) in [5, 5.41) is 17.0. The van der Waals surface area contributed by atoms with E-state index < -0.39 is 0 Å². The first-order valence-corrected chi connectivity index (χ1v) is 11.2. The van der Waals surface area contributed by atoms with Gasteiger partial charge in [-0.05, 0) is 52.7 Å². The lowest BCUT2D eigenvalue weighted by Gasteiger charge is -2.13. The summed E-state index contributed by atoms with van der Waals surface area (Å²) in [5.41, 5.74) is 5.03. The molecule has 4 aromatic rings. The average Bonchev–Trinajstić information content (AvgIpc) is 3.21. The molecule has 9 nitrogen and oxygen atoms in total. The first-order chi connectivity index (χ1) is 15.5. The number of nitrogens with zero attached hydrogens (tertiary/aromatic N) is 6. The molecule has 32 heavy (non-hydrogen) atoms. The van der Waals surface area contributed by atoms with Gasteiger partial charge in [0.05, 0.1) is 28.9 Å². The SMILES string of the molecule is CCn1ccc([C@H](C)NC(=O)c2cc(C3CC3)nc3onc(-c4cnn(CC)c4C)c23)n1. The van der Waals surface area contributed by atoms with Crippen LogP contribution in [0.1, 0.15) is 73.0 Å². The van der Waals surface area contributed by atoms with E-state index >= 15 is 0 Å². The smallest absolute Gasteiger partial charge is 0.259 e. The maximum atomic E-state index is 13.5. The van der Waals surface area contributed by atoms with E-state index in [-0.39, 0.29) is 11.9 Å². The molecule has 1 atom stereocenters. The normalized spacial score (nSPS) is 14.8. The molecule has 1 saturated carbocycles. The fourth-order valence-electron chi connectivity index (χ4n) is 4.05. The molecule has 5 rings (SSSR count). The van der Waals surface area contributed by atoms with Gasteiger partial charge in [0.2, 0.25) is 0 Å². The highest BCUT2D eigenvalue weighted by molar-refractivity contribution is 6.09. The molecule has 1 fully saturated rings. The van der Waals surface area contributed by atoms with Gasteiger partial charge in [-0.25, -0.2) is 4.98 Å². The van der Waals surface area contributed by atoms with Gasteiger partial charge < -0.3 is 9.84 Å². The molecule has 0 spiro atoms. The Kier molecular flexibility index (Phi) is 5.03. The number of carbonyl (C=O) groups excluding carboxylic acids is 1. The Morgan fingerprint density at radius 3 is 2.78 bits per heavy atom. The molecule has 1 N–H and O–H groups in total. The maximum absolute atomic E-state index is 13.5. The predicted molar refractivity (Wildman–Crippen MR) is 119 cm³/mol. The van der Waals surface area contributed by atoms with Crippen molar-refractivity contribution in [1.82, 2.24) is 35.0 Å². The summed E-state index contributed by atoms with van der Waals surface area (Å²) < 4.78 is 9.37. The van der Waals surface area contributed by atoms with Crippen LogP contribution < -0.4 is 5.32 Å². The Bertz CT molecular complexity index is 1300. The van der Waals surface area contributed by atoms with Gasteiger partial charge in [0.15, 0.2) is 0 Å². The summed E-state index contributed by atoms with van der Waals surface area (Å²) in [6.07, 6.45) is 5.84. The minimum Gasteiger partial charge on any atom is -0.344 e. The van der Waals surface area contributed by atoms with Gasteiger partial charge in [0.25, 0.3) is 11.6 Å². The minimum atomic E-state index is -0.240. The molecule has 0 bridgehead atoms. The van der Waals surface area contributed by atoms with Gasteiger partial charge in [-0.15, -0.1) is 0 Å². The van der Waals surface area contributed by atoms with Crippen molar-refractivity contribution in [3.8, 4) is 11.3 Å². The standard InChI is InChI=1S/C23H27N7O2/c1-5-29-10-9-18(27-29)13(3)25-22(31)16-11-19(15-7-8-15)26-23-20(16)21(28-32-23)17-12-24-30(6-2)14(17)4/h9-13,15H,5-8H2,1-4H3,(H,25,31)/t13-/m0/s1. The summed E-state index contributed by atoms with van der Waals surface area (Å²) in [6.45, 7) is 9.53. The molecule has 0 saturated heterocycles. The highest BCUT2D eigenvalue weighted by Gasteiger charge is 2.30. The molecule has 9 heteroatoms. The molecule has 0 aromatic carbocycles. The summed E-state index contributed by atoms with van der Waals surface area (Å²) in [6, 6.07) is 3.59. The van der Waals surface area contributed by atoms with Gasteiger partial charge in [0.1, 0.15) is 5.69 Å². The van der Waals surface area contributed by atoms with Crippen LogP contribution in [0.2, 0.25) is 0 Å². The van der Waals surface area contributed by atoms with E-state index in [2.05, 4.69) is 25.7 Å². The van der Waals surface area contributed by atoms with Crippen LogP contribution in [0.3, 0.4) is 0 Å². The monoisotopic (exact) mass is 433 g/mol. The maximum Gasteiger partial charge on any atom is 0.259 e. The number of aryl methyl sites for hydroxylation is 2. The number of hydrogen-bond donors (Lipinski definition) is 1. The molecule has 4 heterocycles. The van der Waals surface area contributed by atoms with Crippen LogP contribution in [0.5, 0.6) is 0 Å². The molecule has 0 unspecified atom stereocenters. The zero-order valence-corrected chi connectivity index (χ0v) is 18.8. The zero-order chi connectivity index (χ0) is 22.4. The van der Waals surface area contributed by atoms with Crippen LogP contribution in [-0.4, -0.2) is 35.6 Å². The number of amides is 1. The molecular weight excluding hydrogens is 406 g/mol. The average molecular weight is 434 g/mol. The third kappa shape index (κ3) is 3.47. The van der Waals surface area contributed by atoms with Crippen molar-refractivity contribution in [2.45, 2.75) is 65.6 Å². The number of fused-ring (bicyclic) bond motifs is 1. The number of carbonyl (C=O) groups is 1. The lowest BCUT2D eigenvalue weighted by atomic mass is 10.0. The lowest BCUT2D eigenvalue weighted by molar-refractivity contribution is 0.0940. The topological polar surface area (TPSA) is 104 Å². The largest absolute Gasteiger partial charge is 0.344 e. The summed E-state index contributed by atoms with van der Waals surface area (Å²) >= 11 is 0. The van der Waals surface area contributed by atoms with Crippen molar-refractivity contribution in [3.63, 3.8) is 0 Å². The molecule has 1 aliphatic carbocycles. The van der Waals surface area contributed by atoms with Crippen LogP contribution in [0.25, 0.3) is 22.4 Å². The quantitative estimate of drug-likeness (QED) is 0.472. The number of nitrogens with one attached hydrogen (secondary N) is 1. The van der Waals surface area contributed by atoms with Crippen molar-refractivity contribution >= 4 is 17.0 Å². The Balaban J connectivity index is 1.57. The molecule has 1 amide bonds. The highest BCUT2D eigenvalue weighted by atomic mass is 16.5. The van der Waals surface area contributed by atoms with E-state index in [1.807, 2.05) is 55.4 Å². The first-order valence-electron chi connectivity index (χ1n) is 11.2. The van der Waals surface area contributed by atoms with Gasteiger partial charge >= 0.3 is 0 Å². The van der Waals surface area contributed by atoms with Crippen molar-refractivity contribution in [2.75, 3.05) is 0 Å². The number of pyridine rings is 1. The second-order valence-corrected chi connectivity index (χ2v) is 8.33. The van der Waals surface area contributed by atoms with E-state index in [4.69, 9.17) is 4.52 Å². The second kappa shape index (κ2) is 7.89. The summed E-state index contributed by atoms with van der Waals surface area (Å²) in [5.74, 6) is 0.185. The summed E-state index contributed by atoms with van der Waals surface area (Å²) in [7, 11) is 0. The Labute approximate surface area is 185 Å². The van der Waals surface area contributed by atoms with Crippen LogP contribution in [-0.2, 0) is 13.1 Å². The third-order valence-electron chi connectivity index (χ3n) is 6.14. The van der Waals surface area contributed by atoms with Crippen LogP contribution in [0.4, 0.5) is 0 Å². The van der Waals surface area contributed by atoms with E-state index in [0.717, 1.165) is 48.6 Å². The molecule has 0 aliphatic heterocycles. The molecule has 0 radical (unpaired) electrons. The van der Waals surface area contributed by atoms with Crippen molar-refractivity contribution < 1.29 is 9.32 Å².